The minimum absolute atomic E-state index is 0.0293. The van der Waals surface area contributed by atoms with Crippen molar-refractivity contribution in [1.29, 1.82) is 5.26 Å². The molecule has 0 fully saturated rings. The average molecular weight is 581 g/mol. The number of ketones is 1. The quantitative estimate of drug-likeness (QED) is 0.359. The molecule has 3 aromatic rings. The Balaban J connectivity index is 1.55. The number of carbonyl (C=O) groups is 1. The van der Waals surface area contributed by atoms with Gasteiger partial charge in [0.25, 0.3) is 0 Å². The normalized spacial score (nSPS) is 17.8. The Labute approximate surface area is 225 Å². The van der Waals surface area contributed by atoms with Crippen molar-refractivity contribution < 1.29 is 9.53 Å². The fourth-order valence-corrected chi connectivity index (χ4v) is 6.97. The number of rotatable bonds is 6. The van der Waals surface area contributed by atoms with Gasteiger partial charge in [-0.05, 0) is 52.0 Å². The molecule has 0 saturated heterocycles. The molecule has 182 valence electrons. The zero-order valence-electron chi connectivity index (χ0n) is 19.4. The lowest BCUT2D eigenvalue weighted by molar-refractivity contribution is -0.116. The summed E-state index contributed by atoms with van der Waals surface area (Å²) in [5, 5.41) is 19.5. The Kier molecular flexibility index (Phi) is 7.14. The maximum absolute atomic E-state index is 13.3. The van der Waals surface area contributed by atoms with Crippen LogP contribution in [-0.4, -0.2) is 23.1 Å². The standard InChI is InChI=1S/C26H22BrN5O2S2/c1-34-21-11-10-16(12-18(21)27)22-17(13-28)24(29)32(19-8-5-9-20(33)23(19)22)25-30-31-26(36-25)35-14-15-6-3-2-4-7-15/h2-4,6-7,10-12,22H,5,8-9,14,29H2,1H3. The number of ether oxygens (including phenoxy) is 1. The Morgan fingerprint density at radius 2 is 2.06 bits per heavy atom. The molecular formula is C26H22BrN5O2S2. The largest absolute Gasteiger partial charge is 0.496 e. The minimum atomic E-state index is -0.545. The molecule has 7 nitrogen and oxygen atoms in total. The number of nitrogens with two attached hydrogens (primary N) is 1. The number of aromatic nitrogens is 2. The maximum Gasteiger partial charge on any atom is 0.219 e. The predicted molar refractivity (Wildman–Crippen MR) is 145 cm³/mol. The topological polar surface area (TPSA) is 105 Å². The first-order chi connectivity index (χ1) is 17.5. The average Bonchev–Trinajstić information content (AvgIpc) is 3.36. The van der Waals surface area contributed by atoms with Crippen molar-refractivity contribution in [2.75, 3.05) is 12.0 Å². The van der Waals surface area contributed by atoms with E-state index < -0.39 is 5.92 Å². The summed E-state index contributed by atoms with van der Waals surface area (Å²) in [6, 6.07) is 18.0. The summed E-state index contributed by atoms with van der Waals surface area (Å²) in [6.45, 7) is 0. The van der Waals surface area contributed by atoms with E-state index in [-0.39, 0.29) is 5.78 Å². The minimum Gasteiger partial charge on any atom is -0.496 e. The second kappa shape index (κ2) is 10.5. The molecule has 5 rings (SSSR count). The van der Waals surface area contributed by atoms with Gasteiger partial charge in [-0.1, -0.05) is 59.5 Å². The molecule has 1 unspecified atom stereocenters. The predicted octanol–water partition coefficient (Wildman–Crippen LogP) is 5.91. The molecule has 2 aliphatic rings. The number of carbonyl (C=O) groups excluding carboxylic acids is 1. The van der Waals surface area contributed by atoms with Gasteiger partial charge in [0.15, 0.2) is 10.1 Å². The van der Waals surface area contributed by atoms with Crippen molar-refractivity contribution in [2.45, 2.75) is 35.3 Å². The molecule has 0 saturated carbocycles. The molecule has 2 aromatic carbocycles. The van der Waals surface area contributed by atoms with Crippen LogP contribution in [0.5, 0.6) is 5.75 Å². The highest BCUT2D eigenvalue weighted by Gasteiger charge is 2.41. The van der Waals surface area contributed by atoms with E-state index in [2.05, 4.69) is 44.3 Å². The summed E-state index contributed by atoms with van der Waals surface area (Å²) in [4.78, 5) is 15.1. The Bertz CT molecular complexity index is 1430. The van der Waals surface area contributed by atoms with Gasteiger partial charge >= 0.3 is 0 Å². The van der Waals surface area contributed by atoms with E-state index in [9.17, 15) is 10.1 Å². The zero-order valence-corrected chi connectivity index (χ0v) is 22.6. The summed E-state index contributed by atoms with van der Waals surface area (Å²) in [7, 11) is 1.59. The van der Waals surface area contributed by atoms with Crippen molar-refractivity contribution >= 4 is 49.9 Å². The first-order valence-electron chi connectivity index (χ1n) is 11.3. The van der Waals surface area contributed by atoms with Crippen LogP contribution in [0, 0.1) is 11.3 Å². The van der Waals surface area contributed by atoms with E-state index in [1.807, 2.05) is 36.4 Å². The Morgan fingerprint density at radius 1 is 1.25 bits per heavy atom. The van der Waals surface area contributed by atoms with Crippen LogP contribution in [0.3, 0.4) is 0 Å². The third-order valence-electron chi connectivity index (χ3n) is 6.21. The van der Waals surface area contributed by atoms with E-state index in [0.717, 1.165) is 32.2 Å². The number of nitriles is 1. The first kappa shape index (κ1) is 24.6. The van der Waals surface area contributed by atoms with E-state index in [1.165, 1.54) is 16.9 Å². The lowest BCUT2D eigenvalue weighted by atomic mass is 9.76. The number of hydrogen-bond donors (Lipinski definition) is 1. The molecule has 10 heteroatoms. The van der Waals surface area contributed by atoms with Crippen molar-refractivity contribution in [3.8, 4) is 11.8 Å². The SMILES string of the molecule is COc1ccc(C2C(C#N)=C(N)N(c3nnc(SCc4ccccc4)s3)C3=C2C(=O)CCC3)cc1Br. The molecule has 1 aliphatic heterocycles. The van der Waals surface area contributed by atoms with Crippen LogP contribution in [0.15, 0.2) is 80.0 Å². The fraction of sp³-hybridized carbons (Fsp3) is 0.231. The smallest absolute Gasteiger partial charge is 0.219 e. The molecule has 1 aliphatic carbocycles. The molecular weight excluding hydrogens is 558 g/mol. The number of nitrogens with zero attached hydrogens (tertiary/aromatic N) is 4. The molecule has 1 aromatic heterocycles. The monoisotopic (exact) mass is 579 g/mol. The fourth-order valence-electron chi connectivity index (χ4n) is 4.57. The van der Waals surface area contributed by atoms with E-state index in [1.54, 1.807) is 23.8 Å². The van der Waals surface area contributed by atoms with Crippen molar-refractivity contribution in [2.24, 2.45) is 5.73 Å². The molecule has 0 spiro atoms. The van der Waals surface area contributed by atoms with Gasteiger partial charge in [0.2, 0.25) is 5.13 Å². The highest BCUT2D eigenvalue weighted by atomic mass is 79.9. The van der Waals surface area contributed by atoms with Gasteiger partial charge in [-0.2, -0.15) is 5.26 Å². The van der Waals surface area contributed by atoms with Gasteiger partial charge in [0, 0.05) is 23.4 Å². The maximum atomic E-state index is 13.3. The number of thioether (sulfide) groups is 1. The van der Waals surface area contributed by atoms with Gasteiger partial charge in [-0.25, -0.2) is 0 Å². The Morgan fingerprint density at radius 3 is 2.78 bits per heavy atom. The molecule has 1 atom stereocenters. The van der Waals surface area contributed by atoms with Crippen LogP contribution in [0.25, 0.3) is 0 Å². The number of allylic oxidation sites excluding steroid dienone is 3. The van der Waals surface area contributed by atoms with Gasteiger partial charge in [0.1, 0.15) is 11.6 Å². The number of anilines is 1. The summed E-state index contributed by atoms with van der Waals surface area (Å²) in [5.41, 5.74) is 10.4. The second-order valence-electron chi connectivity index (χ2n) is 8.34. The zero-order chi connectivity index (χ0) is 25.2. The lowest BCUT2D eigenvalue weighted by Gasteiger charge is -2.38. The number of Topliss-reactive ketones (excluding diaryl/α,β-unsaturated/α-hetero) is 1. The Hall–Kier alpha value is -3.13. The van der Waals surface area contributed by atoms with Crippen molar-refractivity contribution in [3.63, 3.8) is 0 Å². The van der Waals surface area contributed by atoms with Crippen LogP contribution in [0.1, 0.15) is 36.3 Å². The number of halogens is 1. The molecule has 2 N–H and O–H groups in total. The van der Waals surface area contributed by atoms with E-state index in [4.69, 9.17) is 10.5 Å². The first-order valence-corrected chi connectivity index (χ1v) is 13.9. The molecule has 36 heavy (non-hydrogen) atoms. The van der Waals surface area contributed by atoms with Gasteiger partial charge in [0.05, 0.1) is 29.1 Å². The summed E-state index contributed by atoms with van der Waals surface area (Å²) in [6.07, 6.45) is 1.82. The van der Waals surface area contributed by atoms with Gasteiger partial charge in [-0.15, -0.1) is 10.2 Å². The number of hydrogen-bond acceptors (Lipinski definition) is 9. The van der Waals surface area contributed by atoms with Gasteiger partial charge in [-0.3, -0.25) is 9.69 Å². The van der Waals surface area contributed by atoms with Crippen LogP contribution in [0.4, 0.5) is 5.13 Å². The summed E-state index contributed by atoms with van der Waals surface area (Å²) >= 11 is 6.54. The second-order valence-corrected chi connectivity index (χ2v) is 11.4. The third-order valence-corrected chi connectivity index (χ3v) is 8.95. The third kappa shape index (κ3) is 4.54. The molecule has 0 bridgehead atoms. The van der Waals surface area contributed by atoms with E-state index in [0.29, 0.717) is 40.7 Å². The molecule has 2 heterocycles. The summed E-state index contributed by atoms with van der Waals surface area (Å²) < 4.78 is 6.91. The van der Waals surface area contributed by atoms with Gasteiger partial charge < -0.3 is 10.5 Å². The highest BCUT2D eigenvalue weighted by Crippen LogP contribution is 2.48. The number of benzene rings is 2. The van der Waals surface area contributed by atoms with Crippen LogP contribution in [-0.2, 0) is 10.5 Å². The molecule has 0 radical (unpaired) electrons. The van der Waals surface area contributed by atoms with Crippen LogP contribution < -0.4 is 15.4 Å². The number of methoxy groups -OCH3 is 1. The summed E-state index contributed by atoms with van der Waals surface area (Å²) in [5.74, 6) is 1.21. The molecule has 0 amide bonds. The lowest BCUT2D eigenvalue weighted by Crippen LogP contribution is -2.38. The van der Waals surface area contributed by atoms with Crippen LogP contribution >= 0.6 is 39.0 Å². The van der Waals surface area contributed by atoms with Crippen molar-refractivity contribution in [3.05, 3.63) is 86.8 Å². The highest BCUT2D eigenvalue weighted by molar-refractivity contribution is 9.10. The van der Waals surface area contributed by atoms with E-state index >= 15 is 0 Å². The van der Waals surface area contributed by atoms with Crippen LogP contribution in [0.2, 0.25) is 0 Å². The van der Waals surface area contributed by atoms with Crippen molar-refractivity contribution in [1.82, 2.24) is 10.2 Å².